The second kappa shape index (κ2) is 8.85. The van der Waals surface area contributed by atoms with Crippen molar-refractivity contribution in [3.63, 3.8) is 0 Å². The summed E-state index contributed by atoms with van der Waals surface area (Å²) in [6.07, 6.45) is 3.98. The molecular weight excluding hydrogens is 513 g/mol. The Morgan fingerprint density at radius 3 is 2.62 bits per heavy atom. The second-order valence-corrected chi connectivity index (χ2v) is 7.13. The molecule has 1 unspecified atom stereocenters. The number of hydrogen-bond acceptors (Lipinski definition) is 3. The molecule has 0 spiro atoms. The zero-order chi connectivity index (χ0) is 17.7. The van der Waals surface area contributed by atoms with Crippen molar-refractivity contribution >= 4 is 53.9 Å². The van der Waals surface area contributed by atoms with Gasteiger partial charge >= 0.3 is 153 Å². The van der Waals surface area contributed by atoms with Gasteiger partial charge in [0, 0.05) is 0 Å². The Morgan fingerprint density at radius 1 is 1.25 bits per heavy atom. The van der Waals surface area contributed by atoms with Crippen molar-refractivity contribution in [1.82, 2.24) is 4.98 Å². The van der Waals surface area contributed by atoms with Crippen molar-refractivity contribution in [2.75, 3.05) is 21.4 Å². The third kappa shape index (κ3) is 4.30. The fourth-order valence-corrected chi connectivity index (χ4v) is 3.42. The summed E-state index contributed by atoms with van der Waals surface area (Å²) >= 11 is 7.58. The Balaban J connectivity index is 0.00000100. The Labute approximate surface area is 165 Å². The van der Waals surface area contributed by atoms with Crippen LogP contribution >= 0.6 is 11.6 Å². The molecule has 1 aliphatic rings. The van der Waals surface area contributed by atoms with Crippen LogP contribution in [0.4, 0.5) is 11.5 Å². The average molecular weight is 536 g/mol. The van der Waals surface area contributed by atoms with Crippen LogP contribution in [0.25, 0.3) is 5.03 Å². The van der Waals surface area contributed by atoms with Crippen LogP contribution in [0.5, 0.6) is 0 Å². The molecule has 125 valence electrons. The summed E-state index contributed by atoms with van der Waals surface area (Å²) < 4.78 is 1.08. The monoisotopic (exact) mass is 536 g/mol. The van der Waals surface area contributed by atoms with Gasteiger partial charge in [0.2, 0.25) is 0 Å². The Morgan fingerprint density at radius 2 is 2.00 bits per heavy atom. The SMILES string of the molecule is CC.Cc1ccc2c(c1)NC(c1ccc(N(C)[CH2][Pb])nc1)C=C2Cl. The molecule has 1 aliphatic heterocycles. The molecule has 1 N–H and O–H groups in total. The van der Waals surface area contributed by atoms with Gasteiger partial charge in [-0.3, -0.25) is 0 Å². The number of anilines is 2. The fourth-order valence-electron chi connectivity index (χ4n) is 2.50. The molecular formula is C19H23ClN3Pb. The molecule has 3 radical (unpaired) electrons. The first-order valence-corrected chi connectivity index (χ1v) is 11.3. The molecule has 24 heavy (non-hydrogen) atoms. The van der Waals surface area contributed by atoms with E-state index in [1.165, 1.54) is 5.56 Å². The number of fused-ring (bicyclic) bond motifs is 1. The standard InChI is InChI=1S/C17H17ClN3.C2H6.Pb/c1-11-4-6-13-14(18)9-15(20-16(13)8-11)12-5-7-17(19-10-12)21(2)3;1-2;/h4-10,15,20H,2H2,1,3H3;1-2H3;. The van der Waals surface area contributed by atoms with Crippen LogP contribution in [0.1, 0.15) is 36.6 Å². The third-order valence-corrected chi connectivity index (χ3v) is 5.99. The molecule has 2 heterocycles. The molecule has 0 fully saturated rings. The molecule has 5 heteroatoms. The van der Waals surface area contributed by atoms with Gasteiger partial charge in [-0.2, -0.15) is 0 Å². The maximum atomic E-state index is 6.45. The van der Waals surface area contributed by atoms with Crippen LogP contribution in [-0.2, 0) is 0 Å². The van der Waals surface area contributed by atoms with Gasteiger partial charge in [-0.05, 0) is 0 Å². The van der Waals surface area contributed by atoms with Crippen molar-refractivity contribution in [3.05, 3.63) is 59.3 Å². The van der Waals surface area contributed by atoms with E-state index < -0.39 is 0 Å². The van der Waals surface area contributed by atoms with Crippen LogP contribution in [0.15, 0.2) is 42.6 Å². The van der Waals surface area contributed by atoms with Gasteiger partial charge in [0.15, 0.2) is 0 Å². The summed E-state index contributed by atoms with van der Waals surface area (Å²) in [4.78, 5) is 6.73. The number of halogens is 1. The zero-order valence-corrected chi connectivity index (χ0v) is 19.2. The third-order valence-electron chi connectivity index (χ3n) is 3.81. The number of pyridine rings is 1. The number of benzene rings is 1. The first-order valence-electron chi connectivity index (χ1n) is 8.15. The van der Waals surface area contributed by atoms with E-state index in [-0.39, 0.29) is 6.04 Å². The number of nitrogens with zero attached hydrogens (tertiary/aromatic N) is 2. The molecule has 0 aliphatic carbocycles. The quantitative estimate of drug-likeness (QED) is 0.576. The number of aryl methyl sites for hydroxylation is 1. The molecule has 0 saturated carbocycles. The minimum atomic E-state index is 0.0599. The van der Waals surface area contributed by atoms with E-state index in [4.69, 9.17) is 11.6 Å². The van der Waals surface area contributed by atoms with Gasteiger partial charge in [0.05, 0.1) is 0 Å². The van der Waals surface area contributed by atoms with Crippen molar-refractivity contribution in [1.29, 1.82) is 0 Å². The van der Waals surface area contributed by atoms with Gasteiger partial charge < -0.3 is 0 Å². The molecule has 3 nitrogen and oxygen atoms in total. The van der Waals surface area contributed by atoms with Crippen molar-refractivity contribution < 1.29 is 0 Å². The predicted octanol–water partition coefficient (Wildman–Crippen LogP) is 4.72. The van der Waals surface area contributed by atoms with Gasteiger partial charge in [-0.1, -0.05) is 13.8 Å². The first-order chi connectivity index (χ1) is 11.6. The van der Waals surface area contributed by atoms with E-state index in [0.717, 1.165) is 57.5 Å². The normalized spacial score (nSPS) is 15.4. The Kier molecular flexibility index (Phi) is 7.10. The van der Waals surface area contributed by atoms with Crippen LogP contribution in [0.2, 0.25) is 0 Å². The van der Waals surface area contributed by atoms with Gasteiger partial charge in [0.1, 0.15) is 0 Å². The first kappa shape index (κ1) is 19.2. The number of rotatable bonds is 3. The molecule has 0 bridgehead atoms. The zero-order valence-electron chi connectivity index (χ0n) is 14.6. The Bertz CT molecular complexity index is 713. The number of nitrogens with one attached hydrogen (secondary N) is 1. The van der Waals surface area contributed by atoms with Gasteiger partial charge in [-0.15, -0.1) is 0 Å². The van der Waals surface area contributed by atoms with E-state index in [9.17, 15) is 0 Å². The van der Waals surface area contributed by atoms with E-state index in [2.05, 4.69) is 59.5 Å². The van der Waals surface area contributed by atoms with Crippen LogP contribution in [-0.4, -0.2) is 41.9 Å². The van der Waals surface area contributed by atoms with Gasteiger partial charge in [0.25, 0.3) is 0 Å². The minimum absolute atomic E-state index is 0.0599. The van der Waals surface area contributed by atoms with Crippen molar-refractivity contribution in [2.45, 2.75) is 26.8 Å². The van der Waals surface area contributed by atoms with Crippen LogP contribution < -0.4 is 10.2 Å². The van der Waals surface area contributed by atoms with Gasteiger partial charge in [-0.25, -0.2) is 0 Å². The van der Waals surface area contributed by atoms with E-state index >= 15 is 0 Å². The average Bonchev–Trinajstić information content (AvgIpc) is 2.62. The summed E-state index contributed by atoms with van der Waals surface area (Å²) in [6.45, 7) is 6.09. The Hall–Kier alpha value is -1.08. The van der Waals surface area contributed by atoms with E-state index in [1.807, 2.05) is 26.1 Å². The molecule has 1 aromatic carbocycles. The molecule has 3 rings (SSSR count). The fraction of sp³-hybridized carbons (Fsp3) is 0.316. The van der Waals surface area contributed by atoms with E-state index in [0.29, 0.717) is 0 Å². The van der Waals surface area contributed by atoms with Crippen molar-refractivity contribution in [3.8, 4) is 0 Å². The second-order valence-electron chi connectivity index (χ2n) is 5.49. The van der Waals surface area contributed by atoms with Crippen LogP contribution in [0.3, 0.4) is 0 Å². The molecule has 0 amide bonds. The van der Waals surface area contributed by atoms with Crippen LogP contribution in [0, 0.1) is 6.92 Å². The molecule has 2 aromatic rings. The molecule has 1 atom stereocenters. The topological polar surface area (TPSA) is 28.2 Å². The maximum absolute atomic E-state index is 6.45. The molecule has 0 saturated heterocycles. The van der Waals surface area contributed by atoms with Crippen molar-refractivity contribution in [2.24, 2.45) is 0 Å². The summed E-state index contributed by atoms with van der Waals surface area (Å²) in [7, 11) is 2.07. The number of aromatic nitrogens is 1. The summed E-state index contributed by atoms with van der Waals surface area (Å²) in [6, 6.07) is 10.5. The number of hydrogen-bond donors (Lipinski definition) is 1. The van der Waals surface area contributed by atoms with E-state index in [1.54, 1.807) is 0 Å². The summed E-state index contributed by atoms with van der Waals surface area (Å²) in [5.41, 5.74) is 4.48. The summed E-state index contributed by atoms with van der Waals surface area (Å²) in [5.74, 6) is 1.01. The summed E-state index contributed by atoms with van der Waals surface area (Å²) in [5, 5.41) is 4.33. The predicted molar refractivity (Wildman–Crippen MR) is 106 cm³/mol. The molecule has 1 aromatic heterocycles.